The maximum Gasteiger partial charge on any atom is 0.416 e. The molecule has 0 spiro atoms. The second-order valence-electron chi connectivity index (χ2n) is 4.05. The van der Waals surface area contributed by atoms with E-state index in [4.69, 9.17) is 0 Å². The van der Waals surface area contributed by atoms with Crippen LogP contribution in [0.3, 0.4) is 0 Å². The van der Waals surface area contributed by atoms with Gasteiger partial charge in [0.2, 0.25) is 0 Å². The van der Waals surface area contributed by atoms with Crippen LogP contribution in [0.25, 0.3) is 0 Å². The van der Waals surface area contributed by atoms with E-state index in [-0.39, 0.29) is 11.8 Å². The zero-order chi connectivity index (χ0) is 14.3. The molecule has 1 aromatic carbocycles. The highest BCUT2D eigenvalue weighted by Gasteiger charge is 2.37. The van der Waals surface area contributed by atoms with Gasteiger partial charge in [-0.2, -0.15) is 26.3 Å². The van der Waals surface area contributed by atoms with E-state index in [1.807, 2.05) is 0 Å². The van der Waals surface area contributed by atoms with Crippen LogP contribution < -0.4 is 4.31 Å². The van der Waals surface area contributed by atoms with Crippen molar-refractivity contribution in [3.8, 4) is 0 Å². The number of hydrogen-bond acceptors (Lipinski definition) is 2. The Morgan fingerprint density at radius 3 is 1.79 bits per heavy atom. The van der Waals surface area contributed by atoms with Gasteiger partial charge in [0.05, 0.1) is 11.1 Å². The molecule has 1 aromatic rings. The van der Waals surface area contributed by atoms with E-state index < -0.39 is 23.5 Å². The minimum atomic E-state index is -4.79. The van der Waals surface area contributed by atoms with Crippen molar-refractivity contribution in [2.45, 2.75) is 18.8 Å². The van der Waals surface area contributed by atoms with Crippen molar-refractivity contribution in [2.24, 2.45) is 0 Å². The Balaban J connectivity index is 2.48. The fraction of sp³-hybridized carbons (Fsp3) is 0.455. The third kappa shape index (κ3) is 3.29. The van der Waals surface area contributed by atoms with Gasteiger partial charge in [-0.25, -0.2) is 0 Å². The lowest BCUT2D eigenvalue weighted by molar-refractivity contribution is -0.143. The van der Waals surface area contributed by atoms with Crippen LogP contribution in [0.1, 0.15) is 17.5 Å². The van der Waals surface area contributed by atoms with E-state index in [1.165, 1.54) is 16.3 Å². The Kier molecular flexibility index (Phi) is 3.63. The molecule has 1 nitrogen and oxygen atoms in total. The lowest BCUT2D eigenvalue weighted by Gasteiger charge is -2.20. The molecule has 19 heavy (non-hydrogen) atoms. The van der Waals surface area contributed by atoms with E-state index in [1.54, 1.807) is 0 Å². The normalized spacial score (nSPS) is 17.1. The summed E-state index contributed by atoms with van der Waals surface area (Å²) >= 11 is 1.23. The number of halogens is 6. The van der Waals surface area contributed by atoms with Crippen molar-refractivity contribution in [1.29, 1.82) is 0 Å². The third-order valence-corrected chi connectivity index (χ3v) is 3.79. The summed E-state index contributed by atoms with van der Waals surface area (Å²) in [5, 5.41) is 0. The summed E-state index contributed by atoms with van der Waals surface area (Å²) in [5.74, 6) is 0.692. The molecule has 2 rings (SSSR count). The SMILES string of the molecule is FC(F)(F)c1cc(N2CCCS2)cc(C(F)(F)F)c1. The van der Waals surface area contributed by atoms with Gasteiger partial charge >= 0.3 is 12.4 Å². The third-order valence-electron chi connectivity index (χ3n) is 2.61. The van der Waals surface area contributed by atoms with Crippen molar-refractivity contribution in [1.82, 2.24) is 0 Å². The lowest BCUT2D eigenvalue weighted by Crippen LogP contribution is -2.15. The number of benzene rings is 1. The second-order valence-corrected chi connectivity index (χ2v) is 5.16. The number of anilines is 1. The Hall–Kier alpha value is -1.05. The largest absolute Gasteiger partial charge is 0.416 e. The lowest BCUT2D eigenvalue weighted by atomic mass is 10.1. The summed E-state index contributed by atoms with van der Waals surface area (Å²) in [4.78, 5) is 0. The molecule has 106 valence electrons. The molecule has 0 amide bonds. The molecule has 0 atom stereocenters. The Bertz CT molecular complexity index is 429. The summed E-state index contributed by atoms with van der Waals surface area (Å²) in [5.41, 5.74) is -2.60. The van der Waals surface area contributed by atoms with Crippen LogP contribution in [0.2, 0.25) is 0 Å². The topological polar surface area (TPSA) is 3.24 Å². The summed E-state index contributed by atoms with van der Waals surface area (Å²) in [6, 6.07) is 1.66. The highest BCUT2D eigenvalue weighted by Crippen LogP contribution is 2.40. The van der Waals surface area contributed by atoms with Crippen LogP contribution in [0.4, 0.5) is 32.0 Å². The molecule has 0 unspecified atom stereocenters. The molecule has 0 aliphatic carbocycles. The summed E-state index contributed by atoms with van der Waals surface area (Å²) in [7, 11) is 0. The molecular weight excluding hydrogens is 292 g/mol. The highest BCUT2D eigenvalue weighted by molar-refractivity contribution is 8.00. The van der Waals surface area contributed by atoms with Crippen molar-refractivity contribution >= 4 is 17.6 Å². The van der Waals surface area contributed by atoms with Gasteiger partial charge in [0, 0.05) is 18.0 Å². The minimum absolute atomic E-state index is 0.0512. The van der Waals surface area contributed by atoms with Crippen LogP contribution >= 0.6 is 11.9 Å². The summed E-state index contributed by atoms with van der Waals surface area (Å²) < 4.78 is 77.2. The van der Waals surface area contributed by atoms with Crippen LogP contribution in [0.15, 0.2) is 18.2 Å². The van der Waals surface area contributed by atoms with E-state index >= 15 is 0 Å². The number of nitrogens with zero attached hydrogens (tertiary/aromatic N) is 1. The molecule has 1 saturated heterocycles. The number of rotatable bonds is 1. The van der Waals surface area contributed by atoms with Crippen molar-refractivity contribution < 1.29 is 26.3 Å². The van der Waals surface area contributed by atoms with Crippen LogP contribution in [0, 0.1) is 0 Å². The molecule has 1 aliphatic heterocycles. The van der Waals surface area contributed by atoms with Gasteiger partial charge in [0.1, 0.15) is 0 Å². The predicted octanol–water partition coefficient (Wildman–Crippen LogP) is 4.58. The molecule has 8 heteroatoms. The Morgan fingerprint density at radius 2 is 1.42 bits per heavy atom. The molecule has 1 aliphatic rings. The molecule has 0 bridgehead atoms. The minimum Gasteiger partial charge on any atom is -0.316 e. The quantitative estimate of drug-likeness (QED) is 0.551. The van der Waals surface area contributed by atoms with Crippen LogP contribution in [-0.2, 0) is 12.4 Å². The van der Waals surface area contributed by atoms with Crippen LogP contribution in [0.5, 0.6) is 0 Å². The zero-order valence-corrected chi connectivity index (χ0v) is 10.3. The van der Waals surface area contributed by atoms with Gasteiger partial charge in [-0.3, -0.25) is 0 Å². The van der Waals surface area contributed by atoms with E-state index in [9.17, 15) is 26.3 Å². The molecular formula is C11H9F6NS. The smallest absolute Gasteiger partial charge is 0.316 e. The average Bonchev–Trinajstić information content (AvgIpc) is 2.79. The highest BCUT2D eigenvalue weighted by atomic mass is 32.2. The van der Waals surface area contributed by atoms with Gasteiger partial charge in [-0.1, -0.05) is 0 Å². The monoisotopic (exact) mass is 301 g/mol. The van der Waals surface area contributed by atoms with Gasteiger partial charge in [0.25, 0.3) is 0 Å². The van der Waals surface area contributed by atoms with Crippen molar-refractivity contribution in [3.05, 3.63) is 29.3 Å². The molecule has 1 fully saturated rings. The molecule has 0 saturated carbocycles. The first-order chi connectivity index (χ1) is 8.68. The fourth-order valence-electron chi connectivity index (χ4n) is 1.73. The second kappa shape index (κ2) is 4.81. The average molecular weight is 301 g/mol. The van der Waals surface area contributed by atoms with Crippen LogP contribution in [-0.4, -0.2) is 12.3 Å². The number of alkyl halides is 6. The standard InChI is InChI=1S/C11H9F6NS/c12-10(13,14)7-4-8(11(15,16)17)6-9(5-7)18-2-1-3-19-18/h4-6H,1-3H2. The summed E-state index contributed by atoms with van der Waals surface area (Å²) in [6.07, 6.45) is -8.84. The van der Waals surface area contributed by atoms with Crippen molar-refractivity contribution in [2.75, 3.05) is 16.6 Å². The molecule has 1 heterocycles. The first-order valence-corrected chi connectivity index (χ1v) is 6.32. The van der Waals surface area contributed by atoms with Crippen molar-refractivity contribution in [3.63, 3.8) is 0 Å². The van der Waals surface area contributed by atoms with Gasteiger partial charge in [-0.05, 0) is 36.6 Å². The van der Waals surface area contributed by atoms with Gasteiger partial charge in [-0.15, -0.1) is 0 Å². The fourth-order valence-corrected chi connectivity index (χ4v) is 2.72. The zero-order valence-electron chi connectivity index (χ0n) is 9.48. The van der Waals surface area contributed by atoms with E-state index in [0.29, 0.717) is 12.3 Å². The Labute approximate surface area is 109 Å². The van der Waals surface area contributed by atoms with E-state index in [2.05, 4.69) is 0 Å². The maximum absolute atomic E-state index is 12.6. The van der Waals surface area contributed by atoms with Gasteiger partial charge < -0.3 is 4.31 Å². The first kappa shape index (κ1) is 14.4. The van der Waals surface area contributed by atoms with E-state index in [0.717, 1.165) is 18.6 Å². The van der Waals surface area contributed by atoms with Gasteiger partial charge in [0.15, 0.2) is 0 Å². The molecule has 0 N–H and O–H groups in total. The predicted molar refractivity (Wildman–Crippen MR) is 60.9 cm³/mol. The molecule has 0 radical (unpaired) electrons. The summed E-state index contributed by atoms with van der Waals surface area (Å²) in [6.45, 7) is 0.448. The molecule has 0 aromatic heterocycles. The number of hydrogen-bond donors (Lipinski definition) is 0. The first-order valence-electron chi connectivity index (χ1n) is 5.38. The maximum atomic E-state index is 12.6. The Morgan fingerprint density at radius 1 is 0.895 bits per heavy atom.